The van der Waals surface area contributed by atoms with Crippen LogP contribution in [0.15, 0.2) is 30.0 Å². The zero-order valence-electron chi connectivity index (χ0n) is 11.0. The molecule has 1 aliphatic rings. The highest BCUT2D eigenvalue weighted by molar-refractivity contribution is 6.31. The van der Waals surface area contributed by atoms with Crippen molar-refractivity contribution in [3.05, 3.63) is 40.6 Å². The van der Waals surface area contributed by atoms with Crippen molar-refractivity contribution in [2.45, 2.75) is 6.92 Å². The standard InChI is InChI=1S/C14H15ClN2O2/c1-8-11(7-17(2)3)13(18)10-5-4-9(15)6-12(10)16-14(8)19/h4-8H,1-3H3,(H,16,19)/t8-/m1/s1. The Labute approximate surface area is 117 Å². The van der Waals surface area contributed by atoms with Crippen molar-refractivity contribution in [2.75, 3.05) is 19.4 Å². The van der Waals surface area contributed by atoms with E-state index >= 15 is 0 Å². The number of carbonyl (C=O) groups is 2. The molecule has 1 N–H and O–H groups in total. The predicted molar refractivity (Wildman–Crippen MR) is 75.3 cm³/mol. The number of carbonyl (C=O) groups excluding carboxylic acids is 2. The zero-order chi connectivity index (χ0) is 14.2. The van der Waals surface area contributed by atoms with Gasteiger partial charge in [0.1, 0.15) is 0 Å². The highest BCUT2D eigenvalue weighted by Gasteiger charge is 2.30. The van der Waals surface area contributed by atoms with E-state index in [4.69, 9.17) is 11.6 Å². The molecule has 19 heavy (non-hydrogen) atoms. The molecule has 1 heterocycles. The molecule has 0 radical (unpaired) electrons. The first-order valence-corrected chi connectivity index (χ1v) is 6.31. The fourth-order valence-corrected chi connectivity index (χ4v) is 2.17. The summed E-state index contributed by atoms with van der Waals surface area (Å²) in [7, 11) is 3.64. The van der Waals surface area contributed by atoms with Gasteiger partial charge in [-0.15, -0.1) is 0 Å². The van der Waals surface area contributed by atoms with E-state index in [1.165, 1.54) is 0 Å². The Bertz CT molecular complexity index is 579. The van der Waals surface area contributed by atoms with E-state index in [2.05, 4.69) is 5.32 Å². The molecule has 1 aliphatic heterocycles. The van der Waals surface area contributed by atoms with E-state index < -0.39 is 5.92 Å². The number of anilines is 1. The lowest BCUT2D eigenvalue weighted by Gasteiger charge is -2.13. The Hall–Kier alpha value is -1.81. The van der Waals surface area contributed by atoms with Crippen molar-refractivity contribution in [1.82, 2.24) is 4.90 Å². The van der Waals surface area contributed by atoms with Crippen LogP contribution in [0.2, 0.25) is 5.02 Å². The van der Waals surface area contributed by atoms with E-state index in [1.54, 1.807) is 36.2 Å². The molecule has 0 fully saturated rings. The van der Waals surface area contributed by atoms with Gasteiger partial charge in [-0.05, 0) is 25.1 Å². The van der Waals surface area contributed by atoms with Crippen LogP contribution in [0.5, 0.6) is 0 Å². The Balaban J connectivity index is 2.59. The number of amides is 1. The number of nitrogens with one attached hydrogen (secondary N) is 1. The molecule has 1 aromatic carbocycles. The second kappa shape index (κ2) is 5.05. The fourth-order valence-electron chi connectivity index (χ4n) is 2.00. The molecular weight excluding hydrogens is 264 g/mol. The molecule has 0 aromatic heterocycles. The highest BCUT2D eigenvalue weighted by atomic mass is 35.5. The van der Waals surface area contributed by atoms with Crippen molar-refractivity contribution >= 4 is 29.0 Å². The molecule has 0 unspecified atom stereocenters. The number of benzene rings is 1. The van der Waals surface area contributed by atoms with Crippen LogP contribution in [0.3, 0.4) is 0 Å². The number of hydrogen-bond donors (Lipinski definition) is 1. The summed E-state index contributed by atoms with van der Waals surface area (Å²) in [6.07, 6.45) is 1.69. The van der Waals surface area contributed by atoms with Gasteiger partial charge in [0.05, 0.1) is 11.6 Å². The number of nitrogens with zero attached hydrogens (tertiary/aromatic N) is 1. The summed E-state index contributed by atoms with van der Waals surface area (Å²) < 4.78 is 0. The number of rotatable bonds is 1. The van der Waals surface area contributed by atoms with Crippen LogP contribution in [0.25, 0.3) is 0 Å². The number of hydrogen-bond acceptors (Lipinski definition) is 3. The molecular formula is C14H15ClN2O2. The summed E-state index contributed by atoms with van der Waals surface area (Å²) in [4.78, 5) is 26.3. The lowest BCUT2D eigenvalue weighted by molar-refractivity contribution is -0.118. The van der Waals surface area contributed by atoms with Crippen molar-refractivity contribution < 1.29 is 9.59 Å². The third kappa shape index (κ3) is 2.63. The first kappa shape index (κ1) is 13.6. The second-order valence-electron chi connectivity index (χ2n) is 4.78. The van der Waals surface area contributed by atoms with Gasteiger partial charge in [0, 0.05) is 36.5 Å². The molecule has 0 saturated heterocycles. The molecule has 1 atom stereocenters. The van der Waals surface area contributed by atoms with Crippen LogP contribution in [-0.4, -0.2) is 30.7 Å². The average Bonchev–Trinajstić information content (AvgIpc) is 2.40. The summed E-state index contributed by atoms with van der Waals surface area (Å²) in [5, 5.41) is 3.23. The van der Waals surface area contributed by atoms with Crippen LogP contribution in [0, 0.1) is 5.92 Å². The molecule has 0 aliphatic carbocycles. The molecule has 0 bridgehead atoms. The number of Topliss-reactive ketones (excluding diaryl/α,β-unsaturated/α-hetero) is 1. The SMILES string of the molecule is C[C@H]1C(=O)Nc2cc(Cl)ccc2C(=O)C1=CN(C)C. The molecule has 2 rings (SSSR count). The minimum atomic E-state index is -0.499. The zero-order valence-corrected chi connectivity index (χ0v) is 11.8. The Morgan fingerprint density at radius 3 is 2.63 bits per heavy atom. The normalized spacial score (nSPS) is 20.8. The van der Waals surface area contributed by atoms with E-state index in [9.17, 15) is 9.59 Å². The van der Waals surface area contributed by atoms with Gasteiger partial charge in [0.2, 0.25) is 5.91 Å². The molecule has 1 aromatic rings. The summed E-state index contributed by atoms with van der Waals surface area (Å²) in [5.74, 6) is -0.852. The van der Waals surface area contributed by atoms with Crippen molar-refractivity contribution in [3.63, 3.8) is 0 Å². The average molecular weight is 279 g/mol. The Kier molecular flexibility index (Phi) is 3.62. The van der Waals surface area contributed by atoms with E-state index in [-0.39, 0.29) is 11.7 Å². The van der Waals surface area contributed by atoms with Crippen LogP contribution in [-0.2, 0) is 4.79 Å². The van der Waals surface area contributed by atoms with E-state index in [0.717, 1.165) is 0 Å². The molecule has 0 saturated carbocycles. The van der Waals surface area contributed by atoms with Gasteiger partial charge in [0.25, 0.3) is 0 Å². The van der Waals surface area contributed by atoms with Crippen LogP contribution in [0.1, 0.15) is 17.3 Å². The van der Waals surface area contributed by atoms with Crippen molar-refractivity contribution in [3.8, 4) is 0 Å². The second-order valence-corrected chi connectivity index (χ2v) is 5.21. The Morgan fingerprint density at radius 1 is 1.32 bits per heavy atom. The van der Waals surface area contributed by atoms with Gasteiger partial charge in [-0.3, -0.25) is 9.59 Å². The molecule has 4 nitrogen and oxygen atoms in total. The minimum absolute atomic E-state index is 0.147. The summed E-state index contributed by atoms with van der Waals surface area (Å²) in [6, 6.07) is 4.88. The van der Waals surface area contributed by atoms with Gasteiger partial charge in [-0.2, -0.15) is 0 Å². The topological polar surface area (TPSA) is 49.4 Å². The highest BCUT2D eigenvalue weighted by Crippen LogP contribution is 2.30. The van der Waals surface area contributed by atoms with Gasteiger partial charge in [-0.25, -0.2) is 0 Å². The quantitative estimate of drug-likeness (QED) is 0.803. The summed E-state index contributed by atoms with van der Waals surface area (Å²) in [5.41, 5.74) is 1.41. The van der Waals surface area contributed by atoms with Gasteiger partial charge < -0.3 is 10.2 Å². The van der Waals surface area contributed by atoms with E-state index in [0.29, 0.717) is 21.8 Å². The first-order chi connectivity index (χ1) is 8.90. The minimum Gasteiger partial charge on any atom is -0.383 e. The van der Waals surface area contributed by atoms with Crippen LogP contribution in [0.4, 0.5) is 5.69 Å². The number of halogens is 1. The van der Waals surface area contributed by atoms with Gasteiger partial charge >= 0.3 is 0 Å². The molecule has 1 amide bonds. The lowest BCUT2D eigenvalue weighted by atomic mass is 9.94. The maximum atomic E-state index is 12.5. The third-order valence-electron chi connectivity index (χ3n) is 3.00. The van der Waals surface area contributed by atoms with Crippen molar-refractivity contribution in [2.24, 2.45) is 5.92 Å². The molecule has 100 valence electrons. The number of fused-ring (bicyclic) bond motifs is 1. The Morgan fingerprint density at radius 2 is 2.00 bits per heavy atom. The molecule has 5 heteroatoms. The smallest absolute Gasteiger partial charge is 0.231 e. The largest absolute Gasteiger partial charge is 0.383 e. The first-order valence-electron chi connectivity index (χ1n) is 5.93. The fraction of sp³-hybridized carbons (Fsp3) is 0.286. The summed E-state index contributed by atoms with van der Waals surface area (Å²) >= 11 is 5.90. The predicted octanol–water partition coefficient (Wildman–Crippen LogP) is 2.56. The third-order valence-corrected chi connectivity index (χ3v) is 3.24. The maximum absolute atomic E-state index is 12.5. The maximum Gasteiger partial charge on any atom is 0.231 e. The number of ketones is 1. The lowest BCUT2D eigenvalue weighted by Crippen LogP contribution is -2.22. The summed E-state index contributed by atoms with van der Waals surface area (Å²) in [6.45, 7) is 1.72. The van der Waals surface area contributed by atoms with Gasteiger partial charge in [-0.1, -0.05) is 11.6 Å². The van der Waals surface area contributed by atoms with Crippen LogP contribution >= 0.6 is 11.6 Å². The molecule has 0 spiro atoms. The van der Waals surface area contributed by atoms with Gasteiger partial charge in [0.15, 0.2) is 5.78 Å². The van der Waals surface area contributed by atoms with Crippen LogP contribution < -0.4 is 5.32 Å². The monoisotopic (exact) mass is 278 g/mol. The van der Waals surface area contributed by atoms with E-state index in [1.807, 2.05) is 14.1 Å². The van der Waals surface area contributed by atoms with Crippen molar-refractivity contribution in [1.29, 1.82) is 0 Å².